The third-order valence-corrected chi connectivity index (χ3v) is 3.36. The maximum atomic E-state index is 11.5. The number of nitriles is 1. The molecule has 1 atom stereocenters. The molecular formula is C15H20BrN3O2. The number of hydrogen-bond donors (Lipinski definition) is 2. The molecule has 21 heavy (non-hydrogen) atoms. The Bertz CT molecular complexity index is 514. The molecule has 0 aliphatic rings. The van der Waals surface area contributed by atoms with Crippen molar-refractivity contribution in [1.29, 1.82) is 5.26 Å². The van der Waals surface area contributed by atoms with Crippen LogP contribution < -0.4 is 15.4 Å². The fourth-order valence-corrected chi connectivity index (χ4v) is 2.13. The van der Waals surface area contributed by atoms with Crippen molar-refractivity contribution in [2.75, 3.05) is 19.7 Å². The van der Waals surface area contributed by atoms with E-state index in [1.165, 1.54) is 0 Å². The summed E-state index contributed by atoms with van der Waals surface area (Å²) in [5, 5.41) is 14.3. The van der Waals surface area contributed by atoms with E-state index in [1.807, 2.05) is 24.3 Å². The molecule has 0 aliphatic carbocycles. The fraction of sp³-hybridized carbons (Fsp3) is 0.467. The number of rotatable bonds is 8. The molecule has 0 fully saturated rings. The standard InChI is InChI=1S/C15H20BrN3O2/c1-3-7-18-11(2)13-5-4-12(16)9-14(13)21-10-15(20)19-8-6-17/h4-5,9,11,18H,3,7-8,10H2,1-2H3,(H,19,20). The molecule has 114 valence electrons. The Kier molecular flexibility index (Phi) is 7.80. The molecule has 0 spiro atoms. The largest absolute Gasteiger partial charge is 0.483 e. The van der Waals surface area contributed by atoms with Crippen LogP contribution >= 0.6 is 15.9 Å². The number of carbonyl (C=O) groups is 1. The average molecular weight is 354 g/mol. The minimum atomic E-state index is -0.309. The Morgan fingerprint density at radius 3 is 2.95 bits per heavy atom. The number of carbonyl (C=O) groups excluding carboxylic acids is 1. The molecule has 1 amide bonds. The van der Waals surface area contributed by atoms with Gasteiger partial charge in [0.25, 0.3) is 5.91 Å². The first-order chi connectivity index (χ1) is 10.1. The molecule has 1 unspecified atom stereocenters. The average Bonchev–Trinajstić information content (AvgIpc) is 2.48. The second-order valence-corrected chi connectivity index (χ2v) is 5.50. The van der Waals surface area contributed by atoms with Gasteiger partial charge in [-0.2, -0.15) is 5.26 Å². The molecule has 5 nitrogen and oxygen atoms in total. The van der Waals surface area contributed by atoms with E-state index in [-0.39, 0.29) is 25.1 Å². The quantitative estimate of drug-likeness (QED) is 0.704. The van der Waals surface area contributed by atoms with E-state index in [9.17, 15) is 4.79 Å². The molecule has 0 aromatic heterocycles. The monoisotopic (exact) mass is 353 g/mol. The van der Waals surface area contributed by atoms with Crippen molar-refractivity contribution in [1.82, 2.24) is 10.6 Å². The first-order valence-electron chi connectivity index (χ1n) is 6.87. The summed E-state index contributed by atoms with van der Waals surface area (Å²) < 4.78 is 6.48. The Morgan fingerprint density at radius 1 is 1.52 bits per heavy atom. The fourth-order valence-electron chi connectivity index (χ4n) is 1.79. The van der Waals surface area contributed by atoms with Crippen LogP contribution in [0.3, 0.4) is 0 Å². The van der Waals surface area contributed by atoms with E-state index in [4.69, 9.17) is 10.00 Å². The summed E-state index contributed by atoms with van der Waals surface area (Å²) in [7, 11) is 0. The number of hydrogen-bond acceptors (Lipinski definition) is 4. The van der Waals surface area contributed by atoms with Gasteiger partial charge in [0, 0.05) is 16.1 Å². The van der Waals surface area contributed by atoms with Crippen LogP contribution in [-0.2, 0) is 4.79 Å². The smallest absolute Gasteiger partial charge is 0.258 e. The highest BCUT2D eigenvalue weighted by atomic mass is 79.9. The summed E-state index contributed by atoms with van der Waals surface area (Å²) >= 11 is 3.40. The molecule has 1 rings (SSSR count). The highest BCUT2D eigenvalue weighted by molar-refractivity contribution is 9.10. The van der Waals surface area contributed by atoms with E-state index in [2.05, 4.69) is 40.4 Å². The predicted molar refractivity (Wildman–Crippen MR) is 85.0 cm³/mol. The van der Waals surface area contributed by atoms with Gasteiger partial charge < -0.3 is 15.4 Å². The van der Waals surface area contributed by atoms with Gasteiger partial charge in [0.2, 0.25) is 0 Å². The lowest BCUT2D eigenvalue weighted by atomic mass is 10.1. The lowest BCUT2D eigenvalue weighted by Gasteiger charge is -2.18. The molecule has 0 heterocycles. The number of benzene rings is 1. The Labute approximate surface area is 133 Å². The van der Waals surface area contributed by atoms with Crippen LogP contribution in [0, 0.1) is 11.3 Å². The van der Waals surface area contributed by atoms with Gasteiger partial charge in [0.1, 0.15) is 12.3 Å². The van der Waals surface area contributed by atoms with Crippen LogP contribution in [-0.4, -0.2) is 25.6 Å². The van der Waals surface area contributed by atoms with Crippen LogP contribution in [0.15, 0.2) is 22.7 Å². The SMILES string of the molecule is CCCNC(C)c1ccc(Br)cc1OCC(=O)NCC#N. The van der Waals surface area contributed by atoms with Gasteiger partial charge in [0.15, 0.2) is 6.61 Å². The van der Waals surface area contributed by atoms with Gasteiger partial charge in [-0.05, 0) is 32.0 Å². The third-order valence-electron chi connectivity index (χ3n) is 2.87. The summed E-state index contributed by atoms with van der Waals surface area (Å²) in [5.74, 6) is 0.351. The second kappa shape index (κ2) is 9.37. The van der Waals surface area contributed by atoms with Gasteiger partial charge in [-0.3, -0.25) is 4.79 Å². The van der Waals surface area contributed by atoms with E-state index in [0.717, 1.165) is 23.0 Å². The van der Waals surface area contributed by atoms with Crippen LogP contribution in [0.2, 0.25) is 0 Å². The maximum absolute atomic E-state index is 11.5. The van der Waals surface area contributed by atoms with Gasteiger partial charge in [-0.1, -0.05) is 28.9 Å². The van der Waals surface area contributed by atoms with Gasteiger partial charge in [-0.15, -0.1) is 0 Å². The zero-order chi connectivity index (χ0) is 15.7. The predicted octanol–water partition coefficient (Wildman–Crippen LogP) is 2.53. The third kappa shape index (κ3) is 6.15. The van der Waals surface area contributed by atoms with E-state index in [1.54, 1.807) is 0 Å². The topological polar surface area (TPSA) is 74.2 Å². The number of nitrogens with one attached hydrogen (secondary N) is 2. The molecular weight excluding hydrogens is 334 g/mol. The van der Waals surface area contributed by atoms with Crippen LogP contribution in [0.1, 0.15) is 31.9 Å². The number of amides is 1. The number of ether oxygens (including phenoxy) is 1. The molecule has 1 aromatic carbocycles. The van der Waals surface area contributed by atoms with Crippen molar-refractivity contribution in [2.24, 2.45) is 0 Å². The lowest BCUT2D eigenvalue weighted by Crippen LogP contribution is -2.29. The molecule has 1 aromatic rings. The van der Waals surface area contributed by atoms with Crippen molar-refractivity contribution in [3.63, 3.8) is 0 Å². The summed E-state index contributed by atoms with van der Waals surface area (Å²) in [5.41, 5.74) is 1.000. The Hall–Kier alpha value is -1.58. The highest BCUT2D eigenvalue weighted by Gasteiger charge is 2.13. The Morgan fingerprint density at radius 2 is 2.29 bits per heavy atom. The first kappa shape index (κ1) is 17.5. The first-order valence-corrected chi connectivity index (χ1v) is 7.67. The normalized spacial score (nSPS) is 11.5. The summed E-state index contributed by atoms with van der Waals surface area (Å²) in [4.78, 5) is 11.5. The molecule has 0 aliphatic heterocycles. The minimum Gasteiger partial charge on any atom is -0.483 e. The Balaban J connectivity index is 2.73. The van der Waals surface area contributed by atoms with Crippen molar-refractivity contribution in [3.05, 3.63) is 28.2 Å². The molecule has 2 N–H and O–H groups in total. The van der Waals surface area contributed by atoms with Gasteiger partial charge in [0.05, 0.1) is 6.07 Å². The zero-order valence-corrected chi connectivity index (χ0v) is 13.9. The van der Waals surface area contributed by atoms with Crippen molar-refractivity contribution < 1.29 is 9.53 Å². The van der Waals surface area contributed by atoms with Crippen LogP contribution in [0.25, 0.3) is 0 Å². The summed E-state index contributed by atoms with van der Waals surface area (Å²) in [6, 6.07) is 7.75. The summed E-state index contributed by atoms with van der Waals surface area (Å²) in [6.07, 6.45) is 1.05. The lowest BCUT2D eigenvalue weighted by molar-refractivity contribution is -0.122. The van der Waals surface area contributed by atoms with E-state index in [0.29, 0.717) is 5.75 Å². The molecule has 0 bridgehead atoms. The molecule has 0 radical (unpaired) electrons. The summed E-state index contributed by atoms with van der Waals surface area (Å²) in [6.45, 7) is 4.96. The van der Waals surface area contributed by atoms with Crippen molar-refractivity contribution in [3.8, 4) is 11.8 Å². The van der Waals surface area contributed by atoms with Crippen LogP contribution in [0.4, 0.5) is 0 Å². The minimum absolute atomic E-state index is 0.0119. The van der Waals surface area contributed by atoms with E-state index >= 15 is 0 Å². The number of halogens is 1. The molecule has 0 saturated heterocycles. The van der Waals surface area contributed by atoms with Crippen molar-refractivity contribution in [2.45, 2.75) is 26.3 Å². The molecule has 0 saturated carbocycles. The zero-order valence-electron chi connectivity index (χ0n) is 12.3. The van der Waals surface area contributed by atoms with Crippen molar-refractivity contribution >= 4 is 21.8 Å². The van der Waals surface area contributed by atoms with Crippen LogP contribution in [0.5, 0.6) is 5.75 Å². The van der Waals surface area contributed by atoms with Gasteiger partial charge in [-0.25, -0.2) is 0 Å². The second-order valence-electron chi connectivity index (χ2n) is 4.58. The number of nitrogens with zero attached hydrogens (tertiary/aromatic N) is 1. The maximum Gasteiger partial charge on any atom is 0.258 e. The molecule has 6 heteroatoms. The highest BCUT2D eigenvalue weighted by Crippen LogP contribution is 2.28. The van der Waals surface area contributed by atoms with E-state index < -0.39 is 0 Å². The van der Waals surface area contributed by atoms with Gasteiger partial charge >= 0.3 is 0 Å².